The van der Waals surface area contributed by atoms with Crippen LogP contribution in [0.2, 0.25) is 5.02 Å². The molecule has 1 unspecified atom stereocenters. The summed E-state index contributed by atoms with van der Waals surface area (Å²) < 4.78 is 2.88. The number of carboxylic acids is 1. The van der Waals surface area contributed by atoms with Gasteiger partial charge in [0.15, 0.2) is 5.65 Å². The van der Waals surface area contributed by atoms with Gasteiger partial charge in [-0.1, -0.05) is 41.9 Å². The van der Waals surface area contributed by atoms with E-state index in [4.69, 9.17) is 11.6 Å². The van der Waals surface area contributed by atoms with Crippen LogP contribution in [0.4, 0.5) is 5.95 Å². The summed E-state index contributed by atoms with van der Waals surface area (Å²) in [7, 11) is 0. The van der Waals surface area contributed by atoms with Crippen molar-refractivity contribution in [3.63, 3.8) is 0 Å². The minimum absolute atomic E-state index is 0.0999. The van der Waals surface area contributed by atoms with Crippen molar-refractivity contribution in [3.05, 3.63) is 101 Å². The van der Waals surface area contributed by atoms with Gasteiger partial charge in [-0.15, -0.1) is 10.2 Å². The molecular formula is C26H22ClN9O3. The van der Waals surface area contributed by atoms with Gasteiger partial charge >= 0.3 is 5.97 Å². The first kappa shape index (κ1) is 25.5. The van der Waals surface area contributed by atoms with Crippen LogP contribution in [-0.4, -0.2) is 64.4 Å². The molecule has 3 heterocycles. The molecule has 1 amide bonds. The third-order valence-corrected chi connectivity index (χ3v) is 5.99. The van der Waals surface area contributed by atoms with Crippen molar-refractivity contribution in [2.75, 3.05) is 11.9 Å². The summed E-state index contributed by atoms with van der Waals surface area (Å²) >= 11 is 6.17. The number of carbonyl (C=O) groups is 2. The highest BCUT2D eigenvalue weighted by atomic mass is 35.5. The number of anilines is 1. The first-order valence-corrected chi connectivity index (χ1v) is 12.2. The van der Waals surface area contributed by atoms with Crippen molar-refractivity contribution < 1.29 is 14.7 Å². The Bertz CT molecular complexity index is 1640. The predicted octanol–water partition coefficient (Wildman–Crippen LogP) is 2.91. The Kier molecular flexibility index (Phi) is 7.55. The van der Waals surface area contributed by atoms with Crippen molar-refractivity contribution in [1.82, 2.24) is 40.1 Å². The van der Waals surface area contributed by atoms with Crippen LogP contribution < -0.4 is 10.6 Å². The van der Waals surface area contributed by atoms with Gasteiger partial charge in [0.2, 0.25) is 11.9 Å². The Morgan fingerprint density at radius 3 is 2.72 bits per heavy atom. The highest BCUT2D eigenvalue weighted by molar-refractivity contribution is 6.30. The second kappa shape index (κ2) is 11.5. The van der Waals surface area contributed by atoms with E-state index >= 15 is 0 Å². The summed E-state index contributed by atoms with van der Waals surface area (Å²) in [5.74, 6) is -1.05. The second-order valence-corrected chi connectivity index (χ2v) is 8.96. The number of carboxylic acid groups (broad SMARTS) is 1. The Balaban J connectivity index is 1.31. The standard InChI is InChI=1S/C26H22ClN9O3/c27-20-8-9-22(36-16-29-33-34-36)18(13-20)7-11-24(37)30-21(12-17-4-2-1-3-5-17)14-28-26-31-23-10-6-19(25(38)39)15-35(23)32-26/h1-11,13,15-16,21H,12,14H2,(H,28,32)(H,30,37)(H,38,39)/b11-7+. The van der Waals surface area contributed by atoms with Gasteiger partial charge in [-0.2, -0.15) is 9.67 Å². The predicted molar refractivity (Wildman–Crippen MR) is 144 cm³/mol. The highest BCUT2D eigenvalue weighted by Gasteiger charge is 2.15. The fraction of sp³-hybridized carbons (Fsp3) is 0.115. The van der Waals surface area contributed by atoms with Crippen molar-refractivity contribution in [1.29, 1.82) is 0 Å². The molecule has 13 heteroatoms. The average molecular weight is 544 g/mol. The first-order valence-electron chi connectivity index (χ1n) is 11.8. The number of nitrogens with one attached hydrogen (secondary N) is 2. The third kappa shape index (κ3) is 6.43. The van der Waals surface area contributed by atoms with Crippen LogP contribution >= 0.6 is 11.6 Å². The molecule has 0 aliphatic heterocycles. The number of carbonyl (C=O) groups excluding carboxylic acids is 1. The molecule has 0 aliphatic carbocycles. The van der Waals surface area contributed by atoms with Gasteiger partial charge in [-0.05, 0) is 58.8 Å². The molecule has 39 heavy (non-hydrogen) atoms. The van der Waals surface area contributed by atoms with E-state index in [1.807, 2.05) is 30.3 Å². The molecule has 0 fully saturated rings. The number of rotatable bonds is 10. The molecule has 1 atom stereocenters. The normalized spacial score (nSPS) is 12.0. The number of benzene rings is 2. The van der Waals surface area contributed by atoms with Crippen molar-refractivity contribution in [3.8, 4) is 5.69 Å². The number of hydrogen-bond donors (Lipinski definition) is 3. The number of aromatic carboxylic acids is 1. The van der Waals surface area contributed by atoms with E-state index in [0.717, 1.165) is 5.56 Å². The maximum atomic E-state index is 13.0. The average Bonchev–Trinajstić information content (AvgIpc) is 3.61. The van der Waals surface area contributed by atoms with Crippen LogP contribution in [0.3, 0.4) is 0 Å². The fourth-order valence-electron chi connectivity index (χ4n) is 3.93. The topological polar surface area (TPSA) is 152 Å². The molecule has 0 spiro atoms. The smallest absolute Gasteiger partial charge is 0.337 e. The number of hydrogen-bond acceptors (Lipinski definition) is 8. The molecule has 3 aromatic heterocycles. The van der Waals surface area contributed by atoms with Crippen LogP contribution in [0.15, 0.2) is 79.3 Å². The van der Waals surface area contributed by atoms with Gasteiger partial charge in [0, 0.05) is 29.4 Å². The summed E-state index contributed by atoms with van der Waals surface area (Å²) in [6.45, 7) is 0.324. The Labute approximate surface area is 226 Å². The van der Waals surface area contributed by atoms with Crippen LogP contribution in [0.5, 0.6) is 0 Å². The van der Waals surface area contributed by atoms with Gasteiger partial charge in [0.05, 0.1) is 17.3 Å². The lowest BCUT2D eigenvalue weighted by molar-refractivity contribution is -0.117. The molecule has 3 N–H and O–H groups in total. The third-order valence-electron chi connectivity index (χ3n) is 5.76. The van der Waals surface area contributed by atoms with Crippen LogP contribution in [0, 0.1) is 0 Å². The molecule has 196 valence electrons. The van der Waals surface area contributed by atoms with E-state index in [1.165, 1.54) is 33.9 Å². The van der Waals surface area contributed by atoms with Gasteiger partial charge in [-0.25, -0.2) is 9.31 Å². The highest BCUT2D eigenvalue weighted by Crippen LogP contribution is 2.20. The molecule has 0 aliphatic rings. The number of amides is 1. The van der Waals surface area contributed by atoms with Crippen LogP contribution in [-0.2, 0) is 11.2 Å². The van der Waals surface area contributed by atoms with E-state index in [0.29, 0.717) is 40.8 Å². The molecule has 5 aromatic rings. The molecule has 0 radical (unpaired) electrons. The van der Waals surface area contributed by atoms with Gasteiger partial charge in [0.1, 0.15) is 6.33 Å². The summed E-state index contributed by atoms with van der Waals surface area (Å²) in [5, 5.41) is 31.4. The van der Waals surface area contributed by atoms with E-state index in [1.54, 1.807) is 30.3 Å². The molecule has 0 saturated heterocycles. The lowest BCUT2D eigenvalue weighted by atomic mass is 10.1. The van der Waals surface area contributed by atoms with E-state index in [-0.39, 0.29) is 17.5 Å². The lowest BCUT2D eigenvalue weighted by Crippen LogP contribution is -2.40. The van der Waals surface area contributed by atoms with Gasteiger partial charge in [0.25, 0.3) is 0 Å². The van der Waals surface area contributed by atoms with Crippen LogP contribution in [0.1, 0.15) is 21.5 Å². The summed E-state index contributed by atoms with van der Waals surface area (Å²) in [5.41, 5.74) is 2.97. The quantitative estimate of drug-likeness (QED) is 0.226. The minimum Gasteiger partial charge on any atom is -0.478 e. The number of halogens is 1. The van der Waals surface area contributed by atoms with Gasteiger partial charge < -0.3 is 15.7 Å². The van der Waals surface area contributed by atoms with E-state index in [2.05, 4.69) is 36.2 Å². The number of fused-ring (bicyclic) bond motifs is 1. The summed E-state index contributed by atoms with van der Waals surface area (Å²) in [6, 6.07) is 17.7. The van der Waals surface area contributed by atoms with Crippen molar-refractivity contribution >= 4 is 41.1 Å². The molecular weight excluding hydrogens is 522 g/mol. The maximum absolute atomic E-state index is 13.0. The summed E-state index contributed by atoms with van der Waals surface area (Å²) in [6.07, 6.45) is 6.47. The monoisotopic (exact) mass is 543 g/mol. The Morgan fingerprint density at radius 2 is 1.95 bits per heavy atom. The van der Waals surface area contributed by atoms with Crippen LogP contribution in [0.25, 0.3) is 17.4 Å². The Hall–Kier alpha value is -5.10. The van der Waals surface area contributed by atoms with Gasteiger partial charge in [-0.3, -0.25) is 4.79 Å². The summed E-state index contributed by atoms with van der Waals surface area (Å²) in [4.78, 5) is 28.6. The Morgan fingerprint density at radius 1 is 1.10 bits per heavy atom. The van der Waals surface area contributed by atoms with E-state index in [9.17, 15) is 14.7 Å². The number of nitrogens with zero attached hydrogens (tertiary/aromatic N) is 7. The molecule has 0 saturated carbocycles. The lowest BCUT2D eigenvalue weighted by Gasteiger charge is -2.18. The zero-order valence-corrected chi connectivity index (χ0v) is 21.1. The number of pyridine rings is 1. The molecule has 2 aromatic carbocycles. The zero-order valence-electron chi connectivity index (χ0n) is 20.3. The number of tetrazole rings is 1. The largest absolute Gasteiger partial charge is 0.478 e. The van der Waals surface area contributed by atoms with E-state index < -0.39 is 5.97 Å². The molecule has 0 bridgehead atoms. The maximum Gasteiger partial charge on any atom is 0.337 e. The zero-order chi connectivity index (χ0) is 27.2. The number of aromatic nitrogens is 7. The second-order valence-electron chi connectivity index (χ2n) is 8.53. The van der Waals surface area contributed by atoms with Crippen molar-refractivity contribution in [2.24, 2.45) is 0 Å². The first-order chi connectivity index (χ1) is 18.9. The SMILES string of the molecule is O=C(/C=C/c1cc(Cl)ccc1-n1cnnn1)NC(CNc1nc2ccc(C(=O)O)cn2n1)Cc1ccccc1. The molecule has 5 rings (SSSR count). The fourth-order valence-corrected chi connectivity index (χ4v) is 4.11. The minimum atomic E-state index is -1.05. The molecule has 12 nitrogen and oxygen atoms in total. The van der Waals surface area contributed by atoms with Crippen molar-refractivity contribution in [2.45, 2.75) is 12.5 Å².